The van der Waals surface area contributed by atoms with E-state index < -0.39 is 0 Å². The molecule has 0 atom stereocenters. The molecule has 4 heteroatoms. The Kier molecular flexibility index (Phi) is 5.30. The Bertz CT molecular complexity index is 560. The molecule has 3 nitrogen and oxygen atoms in total. The standard InChI is InChI=1S/C16H20N2OS/c1-12-3-5-14(6-4-12)7-8-16(19)17-10-9-15-11-20-13(2)18-15/h3-6,11H,7-10H2,1-2H3,(H,17,19). The molecule has 20 heavy (non-hydrogen) atoms. The van der Waals surface area contributed by atoms with Gasteiger partial charge in [-0.2, -0.15) is 0 Å². The minimum atomic E-state index is 0.109. The highest BCUT2D eigenvalue weighted by atomic mass is 32.1. The Hall–Kier alpha value is -1.68. The Labute approximate surface area is 124 Å². The summed E-state index contributed by atoms with van der Waals surface area (Å²) in [5.41, 5.74) is 3.52. The first-order valence-electron chi connectivity index (χ1n) is 6.87. The maximum atomic E-state index is 11.7. The Morgan fingerprint density at radius 3 is 2.60 bits per heavy atom. The zero-order valence-electron chi connectivity index (χ0n) is 12.0. The number of rotatable bonds is 6. The summed E-state index contributed by atoms with van der Waals surface area (Å²) >= 11 is 1.65. The lowest BCUT2D eigenvalue weighted by molar-refractivity contribution is -0.121. The first kappa shape index (κ1) is 14.7. The highest BCUT2D eigenvalue weighted by Crippen LogP contribution is 2.08. The summed E-state index contributed by atoms with van der Waals surface area (Å²) in [5.74, 6) is 0.109. The van der Waals surface area contributed by atoms with Crippen LogP contribution in [0.4, 0.5) is 0 Å². The number of carbonyl (C=O) groups excluding carboxylic acids is 1. The minimum absolute atomic E-state index is 0.109. The number of thiazole rings is 1. The summed E-state index contributed by atoms with van der Waals surface area (Å²) in [5, 5.41) is 6.07. The first-order valence-corrected chi connectivity index (χ1v) is 7.75. The summed E-state index contributed by atoms with van der Waals surface area (Å²) in [7, 11) is 0. The van der Waals surface area contributed by atoms with Crippen LogP contribution in [0.2, 0.25) is 0 Å². The maximum Gasteiger partial charge on any atom is 0.220 e. The van der Waals surface area contributed by atoms with Crippen molar-refractivity contribution in [2.45, 2.75) is 33.1 Å². The van der Waals surface area contributed by atoms with Gasteiger partial charge in [0.1, 0.15) is 0 Å². The van der Waals surface area contributed by atoms with Crippen LogP contribution < -0.4 is 5.32 Å². The summed E-state index contributed by atoms with van der Waals surface area (Å²) in [6.45, 7) is 4.72. The SMILES string of the molecule is Cc1ccc(CCC(=O)NCCc2csc(C)n2)cc1. The molecule has 0 spiro atoms. The van der Waals surface area contributed by atoms with Gasteiger partial charge in [0, 0.05) is 24.8 Å². The van der Waals surface area contributed by atoms with E-state index in [1.165, 1.54) is 11.1 Å². The van der Waals surface area contributed by atoms with Gasteiger partial charge in [0.15, 0.2) is 0 Å². The maximum absolute atomic E-state index is 11.7. The van der Waals surface area contributed by atoms with Crippen LogP contribution in [0.25, 0.3) is 0 Å². The van der Waals surface area contributed by atoms with Crippen molar-refractivity contribution in [3.8, 4) is 0 Å². The highest BCUT2D eigenvalue weighted by molar-refractivity contribution is 7.09. The average molecular weight is 288 g/mol. The molecule has 1 aromatic heterocycles. The normalized spacial score (nSPS) is 10.5. The predicted octanol–water partition coefficient (Wildman–Crippen LogP) is 3.05. The van der Waals surface area contributed by atoms with Gasteiger partial charge in [-0.05, 0) is 25.8 Å². The van der Waals surface area contributed by atoms with Crippen LogP contribution >= 0.6 is 11.3 Å². The molecule has 0 bridgehead atoms. The smallest absolute Gasteiger partial charge is 0.220 e. The van der Waals surface area contributed by atoms with E-state index in [1.807, 2.05) is 12.3 Å². The van der Waals surface area contributed by atoms with E-state index in [9.17, 15) is 4.79 Å². The summed E-state index contributed by atoms with van der Waals surface area (Å²) in [4.78, 5) is 16.1. The van der Waals surface area contributed by atoms with Gasteiger partial charge in [-0.1, -0.05) is 29.8 Å². The molecule has 0 aliphatic heterocycles. The molecule has 0 aliphatic rings. The van der Waals surface area contributed by atoms with Crippen molar-refractivity contribution in [1.29, 1.82) is 0 Å². The zero-order chi connectivity index (χ0) is 14.4. The summed E-state index contributed by atoms with van der Waals surface area (Å²) in [6, 6.07) is 8.33. The summed E-state index contributed by atoms with van der Waals surface area (Å²) < 4.78 is 0. The molecular weight excluding hydrogens is 268 g/mol. The molecule has 0 saturated heterocycles. The lowest BCUT2D eigenvalue weighted by Gasteiger charge is -2.04. The lowest BCUT2D eigenvalue weighted by Crippen LogP contribution is -2.25. The van der Waals surface area contributed by atoms with Crippen LogP contribution in [0.5, 0.6) is 0 Å². The second-order valence-corrected chi connectivity index (χ2v) is 6.01. The average Bonchev–Trinajstić information content (AvgIpc) is 2.84. The van der Waals surface area contributed by atoms with E-state index in [0.717, 1.165) is 23.5 Å². The van der Waals surface area contributed by atoms with Crippen LogP contribution in [-0.4, -0.2) is 17.4 Å². The molecule has 1 amide bonds. The zero-order valence-corrected chi connectivity index (χ0v) is 12.8. The van der Waals surface area contributed by atoms with Crippen molar-refractivity contribution in [2.75, 3.05) is 6.54 Å². The molecule has 0 aliphatic carbocycles. The van der Waals surface area contributed by atoms with Gasteiger partial charge in [0.25, 0.3) is 0 Å². The van der Waals surface area contributed by atoms with Crippen LogP contribution in [0.1, 0.15) is 28.2 Å². The number of carbonyl (C=O) groups is 1. The fraction of sp³-hybridized carbons (Fsp3) is 0.375. The molecule has 106 valence electrons. The Morgan fingerprint density at radius 1 is 1.20 bits per heavy atom. The highest BCUT2D eigenvalue weighted by Gasteiger charge is 2.03. The first-order chi connectivity index (χ1) is 9.63. The molecule has 0 radical (unpaired) electrons. The third-order valence-corrected chi connectivity index (χ3v) is 3.95. The largest absolute Gasteiger partial charge is 0.356 e. The van der Waals surface area contributed by atoms with Gasteiger partial charge in [0.05, 0.1) is 10.7 Å². The van der Waals surface area contributed by atoms with Gasteiger partial charge < -0.3 is 5.32 Å². The van der Waals surface area contributed by atoms with Crippen molar-refractivity contribution < 1.29 is 4.79 Å². The number of aromatic nitrogens is 1. The molecule has 1 aromatic carbocycles. The van der Waals surface area contributed by atoms with Crippen molar-refractivity contribution in [3.63, 3.8) is 0 Å². The number of nitrogens with one attached hydrogen (secondary N) is 1. The van der Waals surface area contributed by atoms with Crippen LogP contribution in [0.3, 0.4) is 0 Å². The number of aryl methyl sites for hydroxylation is 3. The van der Waals surface area contributed by atoms with E-state index in [4.69, 9.17) is 0 Å². The van der Waals surface area contributed by atoms with Crippen molar-refractivity contribution in [2.24, 2.45) is 0 Å². The van der Waals surface area contributed by atoms with Crippen LogP contribution in [0, 0.1) is 13.8 Å². The predicted molar refractivity (Wildman–Crippen MR) is 83.1 cm³/mol. The van der Waals surface area contributed by atoms with Crippen molar-refractivity contribution in [1.82, 2.24) is 10.3 Å². The topological polar surface area (TPSA) is 42.0 Å². The van der Waals surface area contributed by atoms with Gasteiger partial charge in [-0.3, -0.25) is 4.79 Å². The number of nitrogens with zero attached hydrogens (tertiary/aromatic N) is 1. The Morgan fingerprint density at radius 2 is 1.95 bits per heavy atom. The van der Waals surface area contributed by atoms with Gasteiger partial charge in [-0.25, -0.2) is 4.98 Å². The molecule has 1 N–H and O–H groups in total. The molecule has 0 fully saturated rings. The second kappa shape index (κ2) is 7.20. The molecule has 0 unspecified atom stereocenters. The third-order valence-electron chi connectivity index (χ3n) is 3.13. The van der Waals surface area contributed by atoms with Gasteiger partial charge in [0.2, 0.25) is 5.91 Å². The quantitative estimate of drug-likeness (QED) is 0.887. The molecular formula is C16H20N2OS. The second-order valence-electron chi connectivity index (χ2n) is 4.94. The minimum Gasteiger partial charge on any atom is -0.356 e. The molecule has 2 rings (SSSR count). The van der Waals surface area contributed by atoms with Gasteiger partial charge >= 0.3 is 0 Å². The monoisotopic (exact) mass is 288 g/mol. The molecule has 2 aromatic rings. The molecule has 1 heterocycles. The molecule has 0 saturated carbocycles. The summed E-state index contributed by atoms with van der Waals surface area (Å²) in [6.07, 6.45) is 2.14. The Balaban J connectivity index is 1.66. The third kappa shape index (κ3) is 4.78. The van der Waals surface area contributed by atoms with E-state index >= 15 is 0 Å². The van der Waals surface area contributed by atoms with Crippen LogP contribution in [-0.2, 0) is 17.6 Å². The fourth-order valence-corrected chi connectivity index (χ4v) is 2.60. The fourth-order valence-electron chi connectivity index (χ4n) is 1.95. The van der Waals surface area contributed by atoms with Gasteiger partial charge in [-0.15, -0.1) is 11.3 Å². The number of benzene rings is 1. The number of amides is 1. The van der Waals surface area contributed by atoms with Crippen molar-refractivity contribution in [3.05, 3.63) is 51.5 Å². The lowest BCUT2D eigenvalue weighted by atomic mass is 10.1. The van der Waals surface area contributed by atoms with E-state index in [-0.39, 0.29) is 5.91 Å². The van der Waals surface area contributed by atoms with E-state index in [2.05, 4.69) is 41.5 Å². The van der Waals surface area contributed by atoms with Crippen molar-refractivity contribution >= 4 is 17.2 Å². The number of hydrogen-bond donors (Lipinski definition) is 1. The van der Waals surface area contributed by atoms with E-state index in [1.54, 1.807) is 11.3 Å². The van der Waals surface area contributed by atoms with Crippen LogP contribution in [0.15, 0.2) is 29.6 Å². The van der Waals surface area contributed by atoms with E-state index in [0.29, 0.717) is 13.0 Å². The number of hydrogen-bond acceptors (Lipinski definition) is 3.